The Morgan fingerprint density at radius 2 is 1.66 bits per heavy atom. The summed E-state index contributed by atoms with van der Waals surface area (Å²) in [6, 6.07) is 10.4. The van der Waals surface area contributed by atoms with Crippen molar-refractivity contribution in [2.45, 2.75) is 103 Å². The van der Waals surface area contributed by atoms with Gasteiger partial charge in [0, 0.05) is 11.8 Å². The van der Waals surface area contributed by atoms with Gasteiger partial charge < -0.3 is 9.47 Å². The van der Waals surface area contributed by atoms with E-state index in [0.717, 1.165) is 12.2 Å². The minimum atomic E-state index is -0.00674. The van der Waals surface area contributed by atoms with E-state index < -0.39 is 0 Å². The molecular formula is C26H39NO2. The van der Waals surface area contributed by atoms with Crippen molar-refractivity contribution in [3.05, 3.63) is 35.4 Å². The van der Waals surface area contributed by atoms with Gasteiger partial charge in [-0.05, 0) is 62.6 Å². The molecule has 1 aromatic carbocycles. The van der Waals surface area contributed by atoms with E-state index in [1.54, 1.807) is 0 Å². The minimum absolute atomic E-state index is 0.00674. The summed E-state index contributed by atoms with van der Waals surface area (Å²) >= 11 is 0. The third-order valence-electron chi connectivity index (χ3n) is 7.08. The van der Waals surface area contributed by atoms with Crippen LogP contribution in [0.4, 0.5) is 0 Å². The zero-order chi connectivity index (χ0) is 20.5. The molecule has 2 fully saturated rings. The maximum absolute atomic E-state index is 8.97. The van der Waals surface area contributed by atoms with Crippen molar-refractivity contribution in [2.75, 3.05) is 6.61 Å². The smallest absolute Gasteiger partial charge is 0.160 e. The molecule has 3 rings (SSSR count). The van der Waals surface area contributed by atoms with E-state index in [9.17, 15) is 0 Å². The molecule has 160 valence electrons. The Balaban J connectivity index is 1.37. The Morgan fingerprint density at radius 1 is 0.966 bits per heavy atom. The lowest BCUT2D eigenvalue weighted by molar-refractivity contribution is -0.257. The molecule has 1 aliphatic heterocycles. The first kappa shape index (κ1) is 22.3. The average Bonchev–Trinajstić information content (AvgIpc) is 2.77. The number of nitriles is 1. The molecule has 0 radical (unpaired) electrons. The standard InChI is InChI=1S/C26H39NO2/c1-3-4-5-6-7-8-9-25-19-28-26(29-20(25)2)24-16-14-23(15-17-24)22-12-10-21(18-27)11-13-22/h10-13,20,23-26H,3-9,14-17,19H2,1-2H3/t20-,23-,24-,25+,26+/m1/s1. The van der Waals surface area contributed by atoms with Gasteiger partial charge in [-0.1, -0.05) is 57.6 Å². The van der Waals surface area contributed by atoms with Gasteiger partial charge in [0.05, 0.1) is 24.3 Å². The predicted octanol–water partition coefficient (Wildman–Crippen LogP) is 6.96. The third-order valence-corrected chi connectivity index (χ3v) is 7.08. The van der Waals surface area contributed by atoms with E-state index in [2.05, 4.69) is 32.0 Å². The molecule has 0 N–H and O–H groups in total. The third kappa shape index (κ3) is 6.56. The summed E-state index contributed by atoms with van der Waals surface area (Å²) in [5, 5.41) is 8.97. The van der Waals surface area contributed by atoms with E-state index in [-0.39, 0.29) is 6.29 Å². The fourth-order valence-electron chi connectivity index (χ4n) is 5.02. The quantitative estimate of drug-likeness (QED) is 0.423. The molecule has 29 heavy (non-hydrogen) atoms. The minimum Gasteiger partial charge on any atom is -0.352 e. The molecule has 3 nitrogen and oxygen atoms in total. The average molecular weight is 398 g/mol. The van der Waals surface area contributed by atoms with E-state index in [4.69, 9.17) is 14.7 Å². The van der Waals surface area contributed by atoms with Crippen molar-refractivity contribution in [1.82, 2.24) is 0 Å². The van der Waals surface area contributed by atoms with Crippen LogP contribution in [0.1, 0.15) is 102 Å². The highest BCUT2D eigenvalue weighted by atomic mass is 16.7. The lowest BCUT2D eigenvalue weighted by Crippen LogP contribution is -2.42. The van der Waals surface area contributed by atoms with Crippen molar-refractivity contribution in [3.63, 3.8) is 0 Å². The summed E-state index contributed by atoms with van der Waals surface area (Å²) in [6.45, 7) is 5.39. The number of rotatable bonds is 9. The van der Waals surface area contributed by atoms with Crippen molar-refractivity contribution >= 4 is 0 Å². The normalized spacial score (nSPS) is 30.0. The molecule has 2 aliphatic rings. The second-order valence-electron chi connectivity index (χ2n) is 9.20. The van der Waals surface area contributed by atoms with Crippen LogP contribution in [0.2, 0.25) is 0 Å². The maximum Gasteiger partial charge on any atom is 0.160 e. The number of nitrogens with zero attached hydrogens (tertiary/aromatic N) is 1. The Hall–Kier alpha value is -1.37. The van der Waals surface area contributed by atoms with Crippen LogP contribution in [-0.4, -0.2) is 19.0 Å². The highest BCUT2D eigenvalue weighted by Crippen LogP contribution is 2.40. The summed E-state index contributed by atoms with van der Waals surface area (Å²) < 4.78 is 12.6. The summed E-state index contributed by atoms with van der Waals surface area (Å²) in [4.78, 5) is 0. The van der Waals surface area contributed by atoms with Crippen LogP contribution in [0.5, 0.6) is 0 Å². The Kier molecular flexibility index (Phi) is 9.02. The summed E-state index contributed by atoms with van der Waals surface area (Å²) in [6.07, 6.45) is 14.4. The number of hydrogen-bond donors (Lipinski definition) is 0. The Morgan fingerprint density at radius 3 is 2.31 bits per heavy atom. The summed E-state index contributed by atoms with van der Waals surface area (Å²) in [5.41, 5.74) is 2.12. The van der Waals surface area contributed by atoms with Crippen LogP contribution in [0.25, 0.3) is 0 Å². The van der Waals surface area contributed by atoms with Gasteiger partial charge in [0.15, 0.2) is 6.29 Å². The van der Waals surface area contributed by atoms with Gasteiger partial charge in [0.1, 0.15) is 0 Å². The molecular weight excluding hydrogens is 358 g/mol. The second kappa shape index (κ2) is 11.7. The first-order valence-corrected chi connectivity index (χ1v) is 12.0. The number of benzene rings is 1. The van der Waals surface area contributed by atoms with E-state index in [0.29, 0.717) is 23.9 Å². The molecule has 3 atom stereocenters. The molecule has 1 saturated heterocycles. The second-order valence-corrected chi connectivity index (χ2v) is 9.20. The van der Waals surface area contributed by atoms with Crippen molar-refractivity contribution in [2.24, 2.45) is 11.8 Å². The highest BCUT2D eigenvalue weighted by molar-refractivity contribution is 5.33. The predicted molar refractivity (Wildman–Crippen MR) is 118 cm³/mol. The monoisotopic (exact) mass is 397 g/mol. The maximum atomic E-state index is 8.97. The first-order chi connectivity index (χ1) is 14.2. The number of hydrogen-bond acceptors (Lipinski definition) is 3. The number of unbranched alkanes of at least 4 members (excludes halogenated alkanes) is 5. The fourth-order valence-corrected chi connectivity index (χ4v) is 5.02. The summed E-state index contributed by atoms with van der Waals surface area (Å²) in [7, 11) is 0. The van der Waals surface area contributed by atoms with Crippen LogP contribution in [0.15, 0.2) is 24.3 Å². The molecule has 1 aromatic rings. The molecule has 3 heteroatoms. The zero-order valence-corrected chi connectivity index (χ0v) is 18.4. The van der Waals surface area contributed by atoms with Crippen LogP contribution in [0.3, 0.4) is 0 Å². The molecule has 1 aliphatic carbocycles. The fraction of sp³-hybridized carbons (Fsp3) is 0.731. The van der Waals surface area contributed by atoms with Gasteiger partial charge in [-0.15, -0.1) is 0 Å². The molecule has 0 aromatic heterocycles. The van der Waals surface area contributed by atoms with Crippen LogP contribution < -0.4 is 0 Å². The largest absolute Gasteiger partial charge is 0.352 e. The topological polar surface area (TPSA) is 42.2 Å². The lowest BCUT2D eigenvalue weighted by atomic mass is 9.78. The van der Waals surface area contributed by atoms with E-state index >= 15 is 0 Å². The molecule has 0 spiro atoms. The molecule has 0 amide bonds. The van der Waals surface area contributed by atoms with Gasteiger partial charge in [0.25, 0.3) is 0 Å². The van der Waals surface area contributed by atoms with E-state index in [1.807, 2.05) is 12.1 Å². The summed E-state index contributed by atoms with van der Waals surface area (Å²) in [5.74, 6) is 1.70. The number of ether oxygens (including phenoxy) is 2. The van der Waals surface area contributed by atoms with Crippen molar-refractivity contribution in [3.8, 4) is 6.07 Å². The SMILES string of the molecule is CCCCCCCC[C@H]1CO[C@H]([C@H]2CC[C@H](c3ccc(C#N)cc3)CC2)O[C@@H]1C. The molecule has 1 saturated carbocycles. The van der Waals surface area contributed by atoms with Gasteiger partial charge in [-0.3, -0.25) is 0 Å². The van der Waals surface area contributed by atoms with Gasteiger partial charge >= 0.3 is 0 Å². The molecule has 1 heterocycles. The highest BCUT2D eigenvalue weighted by Gasteiger charge is 2.35. The first-order valence-electron chi connectivity index (χ1n) is 12.0. The van der Waals surface area contributed by atoms with Gasteiger partial charge in [-0.2, -0.15) is 5.26 Å². The van der Waals surface area contributed by atoms with Gasteiger partial charge in [-0.25, -0.2) is 0 Å². The van der Waals surface area contributed by atoms with Crippen molar-refractivity contribution < 1.29 is 9.47 Å². The zero-order valence-electron chi connectivity index (χ0n) is 18.4. The van der Waals surface area contributed by atoms with E-state index in [1.165, 1.54) is 76.2 Å². The van der Waals surface area contributed by atoms with Gasteiger partial charge in [0.2, 0.25) is 0 Å². The Bertz CT molecular complexity index is 627. The van der Waals surface area contributed by atoms with Crippen LogP contribution in [0, 0.1) is 23.2 Å². The molecule has 0 unspecified atom stereocenters. The van der Waals surface area contributed by atoms with Crippen LogP contribution >= 0.6 is 0 Å². The Labute approximate surface area is 177 Å². The molecule has 0 bridgehead atoms. The van der Waals surface area contributed by atoms with Crippen LogP contribution in [-0.2, 0) is 9.47 Å². The lowest BCUT2D eigenvalue weighted by Gasteiger charge is -2.40. The van der Waals surface area contributed by atoms with Crippen molar-refractivity contribution in [1.29, 1.82) is 5.26 Å².